The van der Waals surface area contributed by atoms with Crippen molar-refractivity contribution < 1.29 is 47.7 Å². The number of hydrogen-bond donors (Lipinski definition) is 4. The lowest BCUT2D eigenvalue weighted by Gasteiger charge is -2.25. The van der Waals surface area contributed by atoms with Gasteiger partial charge in [0.1, 0.15) is 42.7 Å². The van der Waals surface area contributed by atoms with Gasteiger partial charge >= 0.3 is 24.1 Å². The summed E-state index contributed by atoms with van der Waals surface area (Å²) in [5, 5.41) is 8.97. The molecular weight excluding hydrogens is 805 g/mol. The van der Waals surface area contributed by atoms with E-state index >= 15 is 0 Å². The summed E-state index contributed by atoms with van der Waals surface area (Å²) in [4.78, 5) is 69.4. The predicted octanol–water partition coefficient (Wildman–Crippen LogP) is 7.95. The quantitative estimate of drug-likeness (QED) is 0.0470. The van der Waals surface area contributed by atoms with E-state index in [1.54, 1.807) is 33.9 Å². The van der Waals surface area contributed by atoms with Crippen LogP contribution in [0.2, 0.25) is 0 Å². The van der Waals surface area contributed by atoms with Gasteiger partial charge in [0.25, 0.3) is 0 Å². The number of nitrogens with one attached hydrogen (secondary N) is 4. The molecule has 0 bridgehead atoms. The van der Waals surface area contributed by atoms with Gasteiger partial charge in [-0.2, -0.15) is 0 Å². The molecular formula is C49H58N4O10. The Kier molecular flexibility index (Phi) is 16.7. The molecule has 4 aromatic carbocycles. The number of fused-ring (bicyclic) bond motifs is 1. The summed E-state index contributed by atoms with van der Waals surface area (Å²) in [7, 11) is 1.26. The van der Waals surface area contributed by atoms with Crippen LogP contribution < -0.4 is 20.7 Å². The molecule has 0 saturated heterocycles. The van der Waals surface area contributed by atoms with Crippen molar-refractivity contribution in [2.75, 3.05) is 13.7 Å². The number of para-hydroxylation sites is 1. The third-order valence-corrected chi connectivity index (χ3v) is 9.83. The molecule has 1 heterocycles. The monoisotopic (exact) mass is 862 g/mol. The minimum atomic E-state index is -1.15. The second-order valence-electron chi connectivity index (χ2n) is 16.5. The standard InChI is InChI=1S/C49H58N4O10/c1-8-60-46(56)41(53-47(57)62-30-33-18-13-10-14-19-33)27-35-28-50-43-36(35)20-15-21-37(43)38-25-34(22-23-42(38)61-29-32-16-11-9-12-17-32)26-39(52-48(58)63-49(4,5)6)44(54)51-40(24-31(2)3)45(55)59-7/h9-23,25,28,31,39-41,50H,8,24,26-27,29-30H2,1-7H3,(H,51,54)(H,52,58)(H,53,57)/t39-,40+,41+/m1/s1. The lowest BCUT2D eigenvalue weighted by molar-refractivity contribution is -0.146. The number of aromatic amines is 1. The number of carbonyl (C=O) groups is 5. The maximum absolute atomic E-state index is 14.0. The number of H-pyrrole nitrogens is 1. The van der Waals surface area contributed by atoms with Gasteiger partial charge in [-0.25, -0.2) is 19.2 Å². The maximum Gasteiger partial charge on any atom is 0.408 e. The summed E-state index contributed by atoms with van der Waals surface area (Å²) < 4.78 is 27.7. The topological polar surface area (TPSA) is 183 Å². The van der Waals surface area contributed by atoms with E-state index < -0.39 is 53.8 Å². The van der Waals surface area contributed by atoms with Gasteiger partial charge in [0, 0.05) is 35.6 Å². The molecule has 0 fully saturated rings. The third kappa shape index (κ3) is 14.1. The zero-order chi connectivity index (χ0) is 45.5. The van der Waals surface area contributed by atoms with Crippen molar-refractivity contribution in [3.8, 4) is 16.9 Å². The van der Waals surface area contributed by atoms with Gasteiger partial charge in [0.2, 0.25) is 5.91 Å². The number of alkyl carbamates (subject to hydrolysis) is 2. The fraction of sp³-hybridized carbons (Fsp3) is 0.367. The molecule has 1 aromatic heterocycles. The first kappa shape index (κ1) is 47.2. The second kappa shape index (κ2) is 22.3. The summed E-state index contributed by atoms with van der Waals surface area (Å²) in [5.74, 6) is -1.19. The normalized spacial score (nSPS) is 12.7. The Hall–Kier alpha value is -6.83. The molecule has 14 heteroatoms. The molecule has 3 amide bonds. The Balaban J connectivity index is 1.50. The molecule has 0 aliphatic heterocycles. The van der Waals surface area contributed by atoms with Crippen LogP contribution in [0.15, 0.2) is 103 Å². The molecule has 3 atom stereocenters. The zero-order valence-corrected chi connectivity index (χ0v) is 36.9. The van der Waals surface area contributed by atoms with E-state index in [4.69, 9.17) is 23.7 Å². The summed E-state index contributed by atoms with van der Waals surface area (Å²) in [5.41, 5.74) is 4.45. The number of methoxy groups -OCH3 is 1. The van der Waals surface area contributed by atoms with Crippen LogP contribution in [0, 0.1) is 5.92 Å². The molecule has 0 radical (unpaired) electrons. The number of esters is 2. The van der Waals surface area contributed by atoms with E-state index in [1.807, 2.05) is 111 Å². The van der Waals surface area contributed by atoms with E-state index in [1.165, 1.54) is 7.11 Å². The molecule has 0 saturated carbocycles. The number of carbonyl (C=O) groups excluding carboxylic acids is 5. The van der Waals surface area contributed by atoms with Crippen molar-refractivity contribution in [2.24, 2.45) is 5.92 Å². The average molecular weight is 863 g/mol. The third-order valence-electron chi connectivity index (χ3n) is 9.83. The van der Waals surface area contributed by atoms with Crippen LogP contribution in [0.4, 0.5) is 9.59 Å². The van der Waals surface area contributed by atoms with Crippen molar-refractivity contribution in [1.82, 2.24) is 20.9 Å². The minimum Gasteiger partial charge on any atom is -0.488 e. The highest BCUT2D eigenvalue weighted by atomic mass is 16.6. The van der Waals surface area contributed by atoms with Crippen LogP contribution >= 0.6 is 0 Å². The Morgan fingerprint density at radius 2 is 1.33 bits per heavy atom. The van der Waals surface area contributed by atoms with E-state index in [-0.39, 0.29) is 38.6 Å². The number of hydrogen-bond acceptors (Lipinski definition) is 10. The minimum absolute atomic E-state index is 0.0197. The van der Waals surface area contributed by atoms with E-state index in [9.17, 15) is 24.0 Å². The highest BCUT2D eigenvalue weighted by Gasteiger charge is 2.30. The van der Waals surface area contributed by atoms with Crippen LogP contribution in [-0.4, -0.2) is 72.5 Å². The van der Waals surface area contributed by atoms with Crippen molar-refractivity contribution in [3.05, 3.63) is 126 Å². The van der Waals surface area contributed by atoms with Crippen molar-refractivity contribution in [1.29, 1.82) is 0 Å². The Bertz CT molecular complexity index is 2320. The first-order chi connectivity index (χ1) is 30.1. The van der Waals surface area contributed by atoms with Gasteiger partial charge in [-0.15, -0.1) is 0 Å². The largest absolute Gasteiger partial charge is 0.488 e. The van der Waals surface area contributed by atoms with Crippen LogP contribution in [0.1, 0.15) is 70.2 Å². The fourth-order valence-electron chi connectivity index (χ4n) is 6.94. The number of ether oxygens (including phenoxy) is 5. The molecule has 0 spiro atoms. The summed E-state index contributed by atoms with van der Waals surface area (Å²) in [6.45, 7) is 11.1. The van der Waals surface area contributed by atoms with Gasteiger partial charge in [-0.3, -0.25) is 4.79 Å². The fourth-order valence-corrected chi connectivity index (χ4v) is 6.94. The SMILES string of the molecule is CCOC(=O)[C@H](Cc1c[nH]c2c(-c3cc(C[C@@H](NC(=O)OC(C)(C)C)C(=O)N[C@@H](CC(C)C)C(=O)OC)ccc3OCc3ccccc3)cccc12)NC(=O)OCc1ccccc1. The van der Waals surface area contributed by atoms with E-state index in [2.05, 4.69) is 20.9 Å². The molecule has 4 N–H and O–H groups in total. The lowest BCUT2D eigenvalue weighted by atomic mass is 9.95. The molecule has 14 nitrogen and oxygen atoms in total. The molecule has 0 unspecified atom stereocenters. The van der Waals surface area contributed by atoms with Crippen LogP contribution in [0.25, 0.3) is 22.0 Å². The lowest BCUT2D eigenvalue weighted by Crippen LogP contribution is -2.53. The molecule has 63 heavy (non-hydrogen) atoms. The first-order valence-electron chi connectivity index (χ1n) is 21.0. The van der Waals surface area contributed by atoms with E-state index in [0.717, 1.165) is 33.2 Å². The van der Waals surface area contributed by atoms with Gasteiger partial charge in [0.05, 0.1) is 19.2 Å². The summed E-state index contributed by atoms with van der Waals surface area (Å²) in [6, 6.07) is 27.0. The first-order valence-corrected chi connectivity index (χ1v) is 21.0. The number of benzene rings is 4. The molecule has 0 aliphatic rings. The zero-order valence-electron chi connectivity index (χ0n) is 36.9. The van der Waals surface area contributed by atoms with Gasteiger partial charge < -0.3 is 44.6 Å². The van der Waals surface area contributed by atoms with Gasteiger partial charge in [-0.1, -0.05) is 98.8 Å². The van der Waals surface area contributed by atoms with Crippen LogP contribution in [0.3, 0.4) is 0 Å². The number of aromatic nitrogens is 1. The van der Waals surface area contributed by atoms with Crippen molar-refractivity contribution in [2.45, 2.75) is 97.7 Å². The summed E-state index contributed by atoms with van der Waals surface area (Å²) >= 11 is 0. The van der Waals surface area contributed by atoms with Gasteiger partial charge in [0.15, 0.2) is 0 Å². The second-order valence-corrected chi connectivity index (χ2v) is 16.5. The highest BCUT2D eigenvalue weighted by molar-refractivity contribution is 5.98. The van der Waals surface area contributed by atoms with Crippen molar-refractivity contribution in [3.63, 3.8) is 0 Å². The molecule has 5 aromatic rings. The smallest absolute Gasteiger partial charge is 0.408 e. The number of rotatable bonds is 19. The van der Waals surface area contributed by atoms with Crippen LogP contribution in [-0.2, 0) is 59.4 Å². The summed E-state index contributed by atoms with van der Waals surface area (Å²) in [6.07, 6.45) is 0.664. The molecule has 0 aliphatic carbocycles. The van der Waals surface area contributed by atoms with E-state index in [0.29, 0.717) is 23.3 Å². The predicted molar refractivity (Wildman–Crippen MR) is 239 cm³/mol. The molecule has 334 valence electrons. The Morgan fingerprint density at radius 3 is 1.97 bits per heavy atom. The number of amides is 3. The maximum atomic E-state index is 14.0. The average Bonchev–Trinajstić information content (AvgIpc) is 3.67. The highest BCUT2D eigenvalue weighted by Crippen LogP contribution is 2.37. The van der Waals surface area contributed by atoms with Gasteiger partial charge in [-0.05, 0) is 74.4 Å². The Morgan fingerprint density at radius 1 is 0.667 bits per heavy atom. The van der Waals surface area contributed by atoms with Crippen LogP contribution in [0.5, 0.6) is 5.75 Å². The van der Waals surface area contributed by atoms with Crippen molar-refractivity contribution >= 4 is 40.9 Å². The molecule has 5 rings (SSSR count). The Labute approximate surface area is 368 Å².